The summed E-state index contributed by atoms with van der Waals surface area (Å²) >= 11 is 5.67. The van der Waals surface area contributed by atoms with Gasteiger partial charge in [-0.3, -0.25) is 0 Å². The molecule has 0 saturated heterocycles. The third-order valence-corrected chi connectivity index (χ3v) is 4.82. The van der Waals surface area contributed by atoms with Gasteiger partial charge in [0.1, 0.15) is 0 Å². The minimum atomic E-state index is -4.62. The zero-order valence-corrected chi connectivity index (χ0v) is 13.1. The predicted octanol–water partition coefficient (Wildman–Crippen LogP) is 3.31. The lowest BCUT2D eigenvalue weighted by atomic mass is 9.96. The molecule has 4 nitrogen and oxygen atoms in total. The number of nitrogens with zero attached hydrogens (tertiary/aromatic N) is 2. The van der Waals surface area contributed by atoms with Gasteiger partial charge in [0.05, 0.1) is 11.3 Å². The van der Waals surface area contributed by atoms with Gasteiger partial charge in [-0.15, -0.1) is 4.40 Å². The van der Waals surface area contributed by atoms with E-state index in [2.05, 4.69) is 4.40 Å². The largest absolute Gasteiger partial charge is 0.417 e. The van der Waals surface area contributed by atoms with E-state index in [1.54, 1.807) is 12.3 Å². The summed E-state index contributed by atoms with van der Waals surface area (Å²) in [5.41, 5.74) is -0.996. The fourth-order valence-corrected chi connectivity index (χ4v) is 3.57. The normalized spacial score (nSPS) is 19.9. The smallest absolute Gasteiger partial charge is 0.331 e. The van der Waals surface area contributed by atoms with Crippen LogP contribution in [0.25, 0.3) is 5.57 Å². The molecule has 0 N–H and O–H groups in total. The zero-order valence-electron chi connectivity index (χ0n) is 11.5. The summed E-state index contributed by atoms with van der Waals surface area (Å²) in [6.45, 7) is 0.143. The van der Waals surface area contributed by atoms with Gasteiger partial charge in [0, 0.05) is 23.3 Å². The van der Waals surface area contributed by atoms with Crippen molar-refractivity contribution < 1.29 is 21.6 Å². The molecule has 23 heavy (non-hydrogen) atoms. The minimum Gasteiger partial charge on any atom is -0.331 e. The molecule has 2 aliphatic rings. The molecule has 2 heterocycles. The molecular weight excluding hydrogens is 353 g/mol. The summed E-state index contributed by atoms with van der Waals surface area (Å²) in [6, 6.07) is 3.36. The second-order valence-electron chi connectivity index (χ2n) is 5.00. The Balaban J connectivity index is 2.21. The number of rotatable bonds is 1. The molecule has 0 aliphatic carbocycles. The van der Waals surface area contributed by atoms with Gasteiger partial charge in [-0.05, 0) is 29.8 Å². The van der Waals surface area contributed by atoms with Gasteiger partial charge in [-0.1, -0.05) is 17.7 Å². The van der Waals surface area contributed by atoms with Crippen LogP contribution < -0.4 is 0 Å². The average Bonchev–Trinajstić information content (AvgIpc) is 2.45. The number of amidine groups is 1. The van der Waals surface area contributed by atoms with Crippen molar-refractivity contribution in [2.75, 3.05) is 12.3 Å². The van der Waals surface area contributed by atoms with Gasteiger partial charge in [0.25, 0.3) is 10.0 Å². The van der Waals surface area contributed by atoms with Crippen LogP contribution in [0.1, 0.15) is 11.1 Å². The van der Waals surface area contributed by atoms with Gasteiger partial charge >= 0.3 is 6.18 Å². The molecule has 122 valence electrons. The van der Waals surface area contributed by atoms with E-state index >= 15 is 0 Å². The highest BCUT2D eigenvalue weighted by molar-refractivity contribution is 7.90. The van der Waals surface area contributed by atoms with Crippen LogP contribution in [-0.4, -0.2) is 31.5 Å². The average molecular weight is 363 g/mol. The van der Waals surface area contributed by atoms with Crippen LogP contribution in [0.2, 0.25) is 5.02 Å². The Labute approximate surface area is 135 Å². The first-order valence-corrected chi connectivity index (χ1v) is 8.51. The first kappa shape index (κ1) is 16.1. The van der Waals surface area contributed by atoms with E-state index < -0.39 is 21.8 Å². The lowest BCUT2D eigenvalue weighted by Gasteiger charge is -2.30. The maximum absolute atomic E-state index is 13.3. The highest BCUT2D eigenvalue weighted by atomic mass is 35.5. The molecule has 0 radical (unpaired) electrons. The summed E-state index contributed by atoms with van der Waals surface area (Å²) in [5.74, 6) is -0.187. The number of halogens is 4. The van der Waals surface area contributed by atoms with Crippen LogP contribution in [0.3, 0.4) is 0 Å². The van der Waals surface area contributed by atoms with E-state index in [1.165, 1.54) is 23.1 Å². The molecule has 0 atom stereocenters. The quantitative estimate of drug-likeness (QED) is 0.770. The number of fused-ring (bicyclic) bond motifs is 1. The number of benzene rings is 1. The molecule has 0 saturated carbocycles. The second-order valence-corrected chi connectivity index (χ2v) is 7.19. The number of hydrogen-bond acceptors (Lipinski definition) is 3. The SMILES string of the molecule is O=S1(=O)CCN2C=CC=C(c3ccc(Cl)cc3C(F)(F)F)C2=N1. The molecule has 2 aliphatic heterocycles. The fraction of sp³-hybridized carbons (Fsp3) is 0.214. The Morgan fingerprint density at radius 2 is 2.00 bits per heavy atom. The number of allylic oxidation sites excluding steroid dienone is 2. The van der Waals surface area contributed by atoms with E-state index in [4.69, 9.17) is 11.6 Å². The van der Waals surface area contributed by atoms with Crippen LogP contribution in [0.15, 0.2) is 40.9 Å². The first-order chi connectivity index (χ1) is 10.7. The van der Waals surface area contributed by atoms with Crippen molar-refractivity contribution in [1.82, 2.24) is 4.90 Å². The molecule has 0 spiro atoms. The van der Waals surface area contributed by atoms with Crippen molar-refractivity contribution in [3.63, 3.8) is 0 Å². The van der Waals surface area contributed by atoms with Crippen molar-refractivity contribution in [1.29, 1.82) is 0 Å². The minimum absolute atomic E-state index is 0.00780. The molecule has 0 unspecified atom stereocenters. The van der Waals surface area contributed by atoms with Crippen molar-refractivity contribution in [2.45, 2.75) is 6.18 Å². The highest BCUT2D eigenvalue weighted by Gasteiger charge is 2.37. The Kier molecular flexibility index (Phi) is 3.76. The van der Waals surface area contributed by atoms with Crippen LogP contribution in [0.5, 0.6) is 0 Å². The van der Waals surface area contributed by atoms with Crippen molar-refractivity contribution in [3.05, 3.63) is 52.7 Å². The lowest BCUT2D eigenvalue weighted by molar-refractivity contribution is -0.137. The molecule has 0 aromatic heterocycles. The van der Waals surface area contributed by atoms with Gasteiger partial charge in [0.15, 0.2) is 5.84 Å². The summed E-state index contributed by atoms with van der Waals surface area (Å²) in [7, 11) is -3.69. The Morgan fingerprint density at radius 1 is 1.26 bits per heavy atom. The third-order valence-electron chi connectivity index (χ3n) is 3.43. The summed E-state index contributed by atoms with van der Waals surface area (Å²) in [5, 5.41) is -0.0527. The first-order valence-electron chi connectivity index (χ1n) is 6.53. The Hall–Kier alpha value is -1.80. The topological polar surface area (TPSA) is 49.7 Å². The Morgan fingerprint density at radius 3 is 2.70 bits per heavy atom. The van der Waals surface area contributed by atoms with Crippen LogP contribution in [0.4, 0.5) is 13.2 Å². The van der Waals surface area contributed by atoms with Crippen LogP contribution >= 0.6 is 11.6 Å². The third kappa shape index (κ3) is 3.13. The van der Waals surface area contributed by atoms with E-state index in [1.807, 2.05) is 0 Å². The van der Waals surface area contributed by atoms with E-state index in [0.29, 0.717) is 0 Å². The summed E-state index contributed by atoms with van der Waals surface area (Å²) < 4.78 is 66.9. The van der Waals surface area contributed by atoms with E-state index in [0.717, 1.165) is 6.07 Å². The zero-order chi connectivity index (χ0) is 16.8. The maximum Gasteiger partial charge on any atom is 0.417 e. The molecule has 0 amide bonds. The van der Waals surface area contributed by atoms with Crippen molar-refractivity contribution in [3.8, 4) is 0 Å². The Bertz CT molecular complexity index is 857. The van der Waals surface area contributed by atoms with Crippen molar-refractivity contribution >= 4 is 33.0 Å². The van der Waals surface area contributed by atoms with Gasteiger partial charge in [0.2, 0.25) is 0 Å². The number of alkyl halides is 3. The van der Waals surface area contributed by atoms with Crippen molar-refractivity contribution in [2.24, 2.45) is 4.40 Å². The van der Waals surface area contributed by atoms with E-state index in [-0.39, 0.29) is 34.3 Å². The highest BCUT2D eigenvalue weighted by Crippen LogP contribution is 2.38. The van der Waals surface area contributed by atoms with Crippen LogP contribution in [-0.2, 0) is 16.2 Å². The van der Waals surface area contributed by atoms with Gasteiger partial charge in [-0.2, -0.15) is 13.2 Å². The summed E-state index contributed by atoms with van der Waals surface area (Å²) in [6.07, 6.45) is -0.0724. The number of sulfonamides is 1. The number of hydrogen-bond donors (Lipinski definition) is 0. The van der Waals surface area contributed by atoms with Crippen LogP contribution in [0, 0.1) is 0 Å². The molecule has 0 bridgehead atoms. The molecule has 1 aromatic carbocycles. The van der Waals surface area contributed by atoms with E-state index in [9.17, 15) is 21.6 Å². The standard InChI is InChI=1S/C14H10ClF3N2O2S/c15-9-3-4-10(12(8-9)14(16,17)18)11-2-1-5-20-6-7-23(21,22)19-13(11)20/h1-5,8H,6-7H2. The van der Waals surface area contributed by atoms with Gasteiger partial charge in [-0.25, -0.2) is 8.42 Å². The monoisotopic (exact) mass is 362 g/mol. The molecule has 0 fully saturated rings. The maximum atomic E-state index is 13.3. The second kappa shape index (κ2) is 5.38. The molecule has 3 rings (SSSR count). The molecular formula is C14H10ClF3N2O2S. The summed E-state index contributed by atoms with van der Waals surface area (Å²) in [4.78, 5) is 1.52. The predicted molar refractivity (Wildman–Crippen MR) is 81.5 cm³/mol. The van der Waals surface area contributed by atoms with Gasteiger partial charge < -0.3 is 4.90 Å². The lowest BCUT2D eigenvalue weighted by Crippen LogP contribution is -2.38. The molecule has 9 heteroatoms. The molecule has 1 aromatic rings. The fourth-order valence-electron chi connectivity index (χ4n) is 2.41.